The van der Waals surface area contributed by atoms with Gasteiger partial charge in [-0.25, -0.2) is 0 Å². The average molecular weight is 541 g/mol. The van der Waals surface area contributed by atoms with E-state index in [0.29, 0.717) is 11.8 Å². The van der Waals surface area contributed by atoms with Crippen LogP contribution in [0.5, 0.6) is 0 Å². The van der Waals surface area contributed by atoms with Gasteiger partial charge in [0.1, 0.15) is 0 Å². The first kappa shape index (κ1) is 30.8. The molecule has 1 aliphatic carbocycles. The van der Waals surface area contributed by atoms with E-state index >= 15 is 0 Å². The summed E-state index contributed by atoms with van der Waals surface area (Å²) in [4.78, 5) is 5.27. The zero-order valence-corrected chi connectivity index (χ0v) is 26.3. The van der Waals surface area contributed by atoms with Gasteiger partial charge in [-0.3, -0.25) is 4.90 Å². The van der Waals surface area contributed by atoms with Gasteiger partial charge in [0.25, 0.3) is 0 Å². The number of nitrogens with zero attached hydrogens (tertiary/aromatic N) is 2. The molecule has 5 rings (SSSR count). The van der Waals surface area contributed by atoms with Crippen molar-refractivity contribution in [2.24, 2.45) is 11.8 Å². The van der Waals surface area contributed by atoms with E-state index in [4.69, 9.17) is 0 Å². The summed E-state index contributed by atoms with van der Waals surface area (Å²) in [6.07, 6.45) is 14.2. The van der Waals surface area contributed by atoms with Gasteiger partial charge in [0.05, 0.1) is 0 Å². The smallest absolute Gasteiger partial charge is 0.0236 e. The lowest BCUT2D eigenvalue weighted by atomic mass is 9.88. The third-order valence-electron chi connectivity index (χ3n) is 9.66. The molecule has 0 bridgehead atoms. The molecule has 0 spiro atoms. The molecule has 2 aromatic rings. The van der Waals surface area contributed by atoms with Crippen molar-refractivity contribution in [1.29, 1.82) is 0 Å². The summed E-state index contributed by atoms with van der Waals surface area (Å²) in [6, 6.07) is 19.2. The van der Waals surface area contributed by atoms with E-state index in [1.54, 1.807) is 5.57 Å². The molecule has 2 aliphatic heterocycles. The number of benzene rings is 2. The first-order valence-corrected chi connectivity index (χ1v) is 16.5. The number of piperidine rings is 2. The molecular weight excluding hydrogens is 484 g/mol. The summed E-state index contributed by atoms with van der Waals surface area (Å²) in [6.45, 7) is 18.0. The number of likely N-dealkylation sites (tertiary alicyclic amines) is 2. The molecule has 2 unspecified atom stereocenters. The Kier molecular flexibility index (Phi) is 11.7. The Labute approximate surface area is 246 Å². The molecule has 0 radical (unpaired) electrons. The fourth-order valence-corrected chi connectivity index (χ4v) is 7.21. The predicted octanol–water partition coefficient (Wildman–Crippen LogP) is 9.47. The lowest BCUT2D eigenvalue weighted by Crippen LogP contribution is -2.35. The number of hydrogen-bond acceptors (Lipinski definition) is 2. The SMILES string of the molecule is C=C(CCCC1CCCCN1C)c1cccc(CC2CCN(CC3=CC(C(C)C)c4ccccc43)CC2)c1.CC. The Morgan fingerprint density at radius 3 is 2.48 bits per heavy atom. The van der Waals surface area contributed by atoms with Gasteiger partial charge in [-0.2, -0.15) is 0 Å². The summed E-state index contributed by atoms with van der Waals surface area (Å²) < 4.78 is 0. The van der Waals surface area contributed by atoms with E-state index in [1.807, 2.05) is 13.8 Å². The molecule has 0 aromatic heterocycles. The van der Waals surface area contributed by atoms with Crippen molar-refractivity contribution in [3.63, 3.8) is 0 Å². The maximum atomic E-state index is 4.48. The largest absolute Gasteiger partial charge is 0.303 e. The molecule has 2 atom stereocenters. The second-order valence-electron chi connectivity index (χ2n) is 12.8. The van der Waals surface area contributed by atoms with Crippen molar-refractivity contribution in [2.75, 3.05) is 33.2 Å². The van der Waals surface area contributed by atoms with Crippen molar-refractivity contribution in [2.45, 2.75) is 97.4 Å². The van der Waals surface area contributed by atoms with Crippen LogP contribution in [0.3, 0.4) is 0 Å². The van der Waals surface area contributed by atoms with Gasteiger partial charge in [0.15, 0.2) is 0 Å². The van der Waals surface area contributed by atoms with Gasteiger partial charge >= 0.3 is 0 Å². The molecule has 218 valence electrons. The maximum Gasteiger partial charge on any atom is 0.0236 e. The van der Waals surface area contributed by atoms with E-state index in [1.165, 1.54) is 98.8 Å². The lowest BCUT2D eigenvalue weighted by molar-refractivity contribution is 0.174. The van der Waals surface area contributed by atoms with Gasteiger partial charge in [-0.1, -0.05) is 95.3 Å². The minimum Gasteiger partial charge on any atom is -0.303 e. The number of rotatable bonds is 10. The van der Waals surface area contributed by atoms with Crippen molar-refractivity contribution >= 4 is 11.1 Å². The normalized spacial score (nSPS) is 22.0. The van der Waals surface area contributed by atoms with E-state index in [-0.39, 0.29) is 0 Å². The Balaban J connectivity index is 0.00000181. The highest BCUT2D eigenvalue weighted by Gasteiger charge is 2.27. The molecular formula is C38H56N2. The van der Waals surface area contributed by atoms with E-state index in [9.17, 15) is 0 Å². The fraction of sp³-hybridized carbons (Fsp3) is 0.579. The van der Waals surface area contributed by atoms with E-state index < -0.39 is 0 Å². The highest BCUT2D eigenvalue weighted by molar-refractivity contribution is 5.76. The lowest BCUT2D eigenvalue weighted by Gasteiger charge is -2.32. The van der Waals surface area contributed by atoms with Crippen LogP contribution in [0.15, 0.2) is 61.2 Å². The minimum atomic E-state index is 0.578. The third kappa shape index (κ3) is 7.98. The Hall–Kier alpha value is -2.16. The first-order valence-electron chi connectivity index (χ1n) is 16.5. The van der Waals surface area contributed by atoms with E-state index in [0.717, 1.165) is 24.9 Å². The van der Waals surface area contributed by atoms with Crippen LogP contribution in [0, 0.1) is 11.8 Å². The zero-order valence-electron chi connectivity index (χ0n) is 26.3. The number of allylic oxidation sites excluding steroid dienone is 2. The third-order valence-corrected chi connectivity index (χ3v) is 9.66. The molecule has 2 heteroatoms. The summed E-state index contributed by atoms with van der Waals surface area (Å²) in [7, 11) is 2.31. The molecule has 40 heavy (non-hydrogen) atoms. The van der Waals surface area contributed by atoms with Crippen LogP contribution in [0.4, 0.5) is 0 Å². The summed E-state index contributed by atoms with van der Waals surface area (Å²) in [5.74, 6) is 2.03. The van der Waals surface area contributed by atoms with Crippen LogP contribution >= 0.6 is 0 Å². The van der Waals surface area contributed by atoms with Gasteiger partial charge in [0.2, 0.25) is 0 Å². The highest BCUT2D eigenvalue weighted by Crippen LogP contribution is 2.40. The van der Waals surface area contributed by atoms with Crippen LogP contribution in [0.1, 0.15) is 107 Å². The minimum absolute atomic E-state index is 0.578. The molecule has 0 saturated carbocycles. The second-order valence-corrected chi connectivity index (χ2v) is 12.8. The van der Waals surface area contributed by atoms with Gasteiger partial charge < -0.3 is 4.90 Å². The average Bonchev–Trinajstić information content (AvgIpc) is 3.35. The summed E-state index contributed by atoms with van der Waals surface area (Å²) in [5, 5.41) is 0. The molecule has 2 saturated heterocycles. The van der Waals surface area contributed by atoms with Crippen molar-refractivity contribution in [3.05, 3.63) is 83.4 Å². The van der Waals surface area contributed by atoms with Crippen LogP contribution in [0.2, 0.25) is 0 Å². The van der Waals surface area contributed by atoms with Crippen LogP contribution in [-0.2, 0) is 6.42 Å². The van der Waals surface area contributed by atoms with Gasteiger partial charge in [-0.15, -0.1) is 0 Å². The van der Waals surface area contributed by atoms with Crippen molar-refractivity contribution in [3.8, 4) is 0 Å². The van der Waals surface area contributed by atoms with Gasteiger partial charge in [0, 0.05) is 18.5 Å². The Morgan fingerprint density at radius 2 is 1.73 bits per heavy atom. The quantitative estimate of drug-likeness (QED) is 0.296. The molecule has 2 heterocycles. The van der Waals surface area contributed by atoms with Crippen LogP contribution < -0.4 is 0 Å². The standard InChI is InChI=1S/C36H50N2.C2H6/c1-27(2)36-25-32(34-16-5-6-17-35(34)36)26-38-21-18-29(19-22-38)23-30-12-10-13-31(24-30)28(3)11-9-15-33-14-7-8-20-37(33)4;1-2/h5-6,10,12-13,16-17,24-25,27,29,33,36H,3,7-9,11,14-15,18-23,26H2,1-2,4H3;1-2H3. The Bertz CT molecular complexity index is 1100. The van der Waals surface area contributed by atoms with E-state index in [2.05, 4.69) is 91.9 Å². The summed E-state index contributed by atoms with van der Waals surface area (Å²) in [5.41, 5.74) is 8.78. The van der Waals surface area contributed by atoms with Crippen molar-refractivity contribution in [1.82, 2.24) is 9.80 Å². The topological polar surface area (TPSA) is 6.48 Å². The zero-order chi connectivity index (χ0) is 28.5. The van der Waals surface area contributed by atoms with Crippen LogP contribution in [-0.4, -0.2) is 49.1 Å². The fourth-order valence-electron chi connectivity index (χ4n) is 7.21. The monoisotopic (exact) mass is 540 g/mol. The summed E-state index contributed by atoms with van der Waals surface area (Å²) >= 11 is 0. The molecule has 2 aromatic carbocycles. The van der Waals surface area contributed by atoms with Crippen molar-refractivity contribution < 1.29 is 0 Å². The molecule has 0 N–H and O–H groups in total. The molecule has 0 amide bonds. The molecule has 3 aliphatic rings. The maximum absolute atomic E-state index is 4.48. The second kappa shape index (κ2) is 15.2. The number of hydrogen-bond donors (Lipinski definition) is 0. The van der Waals surface area contributed by atoms with Crippen LogP contribution in [0.25, 0.3) is 11.1 Å². The Morgan fingerprint density at radius 1 is 0.950 bits per heavy atom. The first-order chi connectivity index (χ1) is 19.5. The van der Waals surface area contributed by atoms with Gasteiger partial charge in [-0.05, 0) is 123 Å². The molecule has 2 fully saturated rings. The number of fused-ring (bicyclic) bond motifs is 1. The highest BCUT2D eigenvalue weighted by atomic mass is 15.1. The predicted molar refractivity (Wildman–Crippen MR) is 176 cm³/mol. The molecule has 2 nitrogen and oxygen atoms in total.